The number of benzene rings is 2. The number of likely N-dealkylation sites (tertiary alicyclic amines) is 1. The number of ether oxygens (including phenoxy) is 2. The highest BCUT2D eigenvalue weighted by Crippen LogP contribution is 2.38. The Morgan fingerprint density at radius 3 is 2.64 bits per heavy atom. The van der Waals surface area contributed by atoms with E-state index in [0.29, 0.717) is 18.8 Å². The standard InChI is InChI=1S/C20H19N5O3/c26-20(14-3-6-16(7-4-14)25-13-21-22-23-25)24-9-1-2-17(24)15-5-8-18-19(12-15)28-11-10-27-18/h3-8,12-13,17H,1-2,9-11H2/t17-/m1/s1. The van der Waals surface area contributed by atoms with Crippen molar-refractivity contribution in [3.05, 3.63) is 59.9 Å². The molecule has 2 aliphatic rings. The van der Waals surface area contributed by atoms with Crippen LogP contribution >= 0.6 is 0 Å². The highest BCUT2D eigenvalue weighted by Gasteiger charge is 2.31. The average Bonchev–Trinajstić information content (AvgIpc) is 3.45. The van der Waals surface area contributed by atoms with Crippen LogP contribution in [0.15, 0.2) is 48.8 Å². The third-order valence-corrected chi connectivity index (χ3v) is 5.19. The van der Waals surface area contributed by atoms with Crippen LogP contribution in [0.3, 0.4) is 0 Å². The Morgan fingerprint density at radius 2 is 1.86 bits per heavy atom. The van der Waals surface area contributed by atoms with Crippen LogP contribution in [0.2, 0.25) is 0 Å². The number of carbonyl (C=O) groups is 1. The third kappa shape index (κ3) is 2.96. The van der Waals surface area contributed by atoms with E-state index in [-0.39, 0.29) is 11.9 Å². The first-order valence-electron chi connectivity index (χ1n) is 9.33. The van der Waals surface area contributed by atoms with Crippen molar-refractivity contribution in [1.29, 1.82) is 0 Å². The van der Waals surface area contributed by atoms with E-state index >= 15 is 0 Å². The summed E-state index contributed by atoms with van der Waals surface area (Å²) in [5.74, 6) is 1.55. The van der Waals surface area contributed by atoms with Crippen molar-refractivity contribution in [2.75, 3.05) is 19.8 Å². The molecule has 1 atom stereocenters. The predicted octanol–water partition coefficient (Wildman–Crippen LogP) is 2.41. The highest BCUT2D eigenvalue weighted by molar-refractivity contribution is 5.94. The summed E-state index contributed by atoms with van der Waals surface area (Å²) >= 11 is 0. The fraction of sp³-hybridized carbons (Fsp3) is 0.300. The minimum Gasteiger partial charge on any atom is -0.486 e. The van der Waals surface area contributed by atoms with Gasteiger partial charge in [0.1, 0.15) is 19.5 Å². The summed E-state index contributed by atoms with van der Waals surface area (Å²) < 4.78 is 12.9. The molecule has 1 aromatic heterocycles. The average molecular weight is 377 g/mol. The van der Waals surface area contributed by atoms with Gasteiger partial charge in [0.2, 0.25) is 0 Å². The van der Waals surface area contributed by atoms with Crippen molar-refractivity contribution in [1.82, 2.24) is 25.1 Å². The Labute approximate surface area is 161 Å². The van der Waals surface area contributed by atoms with Crippen molar-refractivity contribution in [2.24, 2.45) is 0 Å². The molecule has 1 saturated heterocycles. The quantitative estimate of drug-likeness (QED) is 0.697. The lowest BCUT2D eigenvalue weighted by Crippen LogP contribution is -2.30. The molecule has 28 heavy (non-hydrogen) atoms. The van der Waals surface area contributed by atoms with Crippen LogP contribution in [0, 0.1) is 0 Å². The molecule has 2 aromatic carbocycles. The summed E-state index contributed by atoms with van der Waals surface area (Å²) in [5, 5.41) is 11.1. The topological polar surface area (TPSA) is 82.4 Å². The molecular weight excluding hydrogens is 358 g/mol. The second-order valence-corrected chi connectivity index (χ2v) is 6.86. The van der Waals surface area contributed by atoms with E-state index in [4.69, 9.17) is 9.47 Å². The number of fused-ring (bicyclic) bond motifs is 1. The molecule has 3 aromatic rings. The largest absolute Gasteiger partial charge is 0.486 e. The number of aromatic nitrogens is 4. The lowest BCUT2D eigenvalue weighted by molar-refractivity contribution is 0.0735. The summed E-state index contributed by atoms with van der Waals surface area (Å²) in [6.07, 6.45) is 3.44. The molecule has 1 amide bonds. The van der Waals surface area contributed by atoms with Crippen molar-refractivity contribution in [3.63, 3.8) is 0 Å². The van der Waals surface area contributed by atoms with E-state index in [0.717, 1.165) is 42.1 Å². The smallest absolute Gasteiger partial charge is 0.254 e. The van der Waals surface area contributed by atoms with Crippen LogP contribution in [0.25, 0.3) is 5.69 Å². The molecule has 0 bridgehead atoms. The Hall–Kier alpha value is -3.42. The normalized spacial score (nSPS) is 18.3. The molecule has 3 heterocycles. The molecule has 0 unspecified atom stereocenters. The molecular formula is C20H19N5O3. The van der Waals surface area contributed by atoms with Gasteiger partial charge in [-0.05, 0) is 65.2 Å². The van der Waals surface area contributed by atoms with Crippen LogP contribution in [0.4, 0.5) is 0 Å². The number of amides is 1. The molecule has 0 spiro atoms. The zero-order chi connectivity index (χ0) is 18.9. The van der Waals surface area contributed by atoms with Crippen LogP contribution < -0.4 is 9.47 Å². The van der Waals surface area contributed by atoms with Gasteiger partial charge in [0.05, 0.1) is 11.7 Å². The van der Waals surface area contributed by atoms with Gasteiger partial charge in [-0.2, -0.15) is 0 Å². The van der Waals surface area contributed by atoms with E-state index in [9.17, 15) is 4.79 Å². The minimum absolute atomic E-state index is 0.0284. The predicted molar refractivity (Wildman–Crippen MR) is 99.6 cm³/mol. The number of hydrogen-bond acceptors (Lipinski definition) is 6. The molecule has 0 N–H and O–H groups in total. The van der Waals surface area contributed by atoms with Gasteiger partial charge in [-0.3, -0.25) is 4.79 Å². The van der Waals surface area contributed by atoms with Gasteiger partial charge in [0, 0.05) is 12.1 Å². The molecule has 5 rings (SSSR count). The SMILES string of the molecule is O=C(c1ccc(-n2cnnn2)cc1)N1CCC[C@@H]1c1ccc2c(c1)OCCO2. The zero-order valence-corrected chi connectivity index (χ0v) is 15.2. The summed E-state index contributed by atoms with van der Waals surface area (Å²) in [4.78, 5) is 15.1. The van der Waals surface area contributed by atoms with E-state index in [1.54, 1.807) is 4.68 Å². The molecule has 0 saturated carbocycles. The summed E-state index contributed by atoms with van der Waals surface area (Å²) in [6, 6.07) is 13.3. The van der Waals surface area contributed by atoms with Gasteiger partial charge >= 0.3 is 0 Å². The summed E-state index contributed by atoms with van der Waals surface area (Å²) in [6.45, 7) is 1.87. The number of tetrazole rings is 1. The lowest BCUT2D eigenvalue weighted by atomic mass is 10.0. The Balaban J connectivity index is 1.38. The highest BCUT2D eigenvalue weighted by atomic mass is 16.6. The van der Waals surface area contributed by atoms with Gasteiger partial charge in [0.15, 0.2) is 11.5 Å². The van der Waals surface area contributed by atoms with Crippen LogP contribution in [0.1, 0.15) is 34.8 Å². The minimum atomic E-state index is 0.0284. The maximum Gasteiger partial charge on any atom is 0.254 e. The molecule has 0 radical (unpaired) electrons. The fourth-order valence-corrected chi connectivity index (χ4v) is 3.83. The Kier molecular flexibility index (Phi) is 4.16. The summed E-state index contributed by atoms with van der Waals surface area (Å²) in [5.41, 5.74) is 2.55. The number of rotatable bonds is 3. The second-order valence-electron chi connectivity index (χ2n) is 6.86. The van der Waals surface area contributed by atoms with Crippen molar-refractivity contribution >= 4 is 5.91 Å². The number of nitrogens with zero attached hydrogens (tertiary/aromatic N) is 5. The maximum atomic E-state index is 13.1. The number of hydrogen-bond donors (Lipinski definition) is 0. The van der Waals surface area contributed by atoms with Gasteiger partial charge in [-0.15, -0.1) is 5.10 Å². The molecule has 1 fully saturated rings. The van der Waals surface area contributed by atoms with E-state index < -0.39 is 0 Å². The third-order valence-electron chi connectivity index (χ3n) is 5.19. The second kappa shape index (κ2) is 6.95. The maximum absolute atomic E-state index is 13.1. The van der Waals surface area contributed by atoms with E-state index in [1.807, 2.05) is 47.4 Å². The fourth-order valence-electron chi connectivity index (χ4n) is 3.83. The van der Waals surface area contributed by atoms with E-state index in [1.165, 1.54) is 6.33 Å². The molecule has 142 valence electrons. The van der Waals surface area contributed by atoms with E-state index in [2.05, 4.69) is 15.5 Å². The lowest BCUT2D eigenvalue weighted by Gasteiger charge is -2.27. The molecule has 2 aliphatic heterocycles. The first-order chi connectivity index (χ1) is 13.8. The van der Waals surface area contributed by atoms with Gasteiger partial charge in [-0.25, -0.2) is 4.68 Å². The van der Waals surface area contributed by atoms with Gasteiger partial charge < -0.3 is 14.4 Å². The van der Waals surface area contributed by atoms with Crippen LogP contribution in [0.5, 0.6) is 11.5 Å². The Morgan fingerprint density at radius 1 is 1.04 bits per heavy atom. The monoisotopic (exact) mass is 377 g/mol. The van der Waals surface area contributed by atoms with Crippen molar-refractivity contribution < 1.29 is 14.3 Å². The first-order valence-corrected chi connectivity index (χ1v) is 9.33. The van der Waals surface area contributed by atoms with Crippen molar-refractivity contribution in [2.45, 2.75) is 18.9 Å². The van der Waals surface area contributed by atoms with Crippen molar-refractivity contribution in [3.8, 4) is 17.2 Å². The van der Waals surface area contributed by atoms with Crippen LogP contribution in [-0.2, 0) is 0 Å². The van der Waals surface area contributed by atoms with Crippen LogP contribution in [-0.4, -0.2) is 50.8 Å². The van der Waals surface area contributed by atoms with Gasteiger partial charge in [-0.1, -0.05) is 6.07 Å². The first kappa shape index (κ1) is 16.7. The molecule has 8 heteroatoms. The molecule has 8 nitrogen and oxygen atoms in total. The summed E-state index contributed by atoms with van der Waals surface area (Å²) in [7, 11) is 0. The Bertz CT molecular complexity index is 988. The zero-order valence-electron chi connectivity index (χ0n) is 15.2. The van der Waals surface area contributed by atoms with Gasteiger partial charge in [0.25, 0.3) is 5.91 Å². The molecule has 0 aliphatic carbocycles. The number of carbonyl (C=O) groups excluding carboxylic acids is 1.